The molecule has 7 heteroatoms. The Balaban J connectivity index is 1.86. The molecule has 152 valence electrons. The third kappa shape index (κ3) is 3.25. The van der Waals surface area contributed by atoms with Crippen molar-refractivity contribution in [3.05, 3.63) is 75.4 Å². The van der Waals surface area contributed by atoms with Crippen molar-refractivity contribution in [1.82, 2.24) is 14.4 Å². The van der Waals surface area contributed by atoms with E-state index >= 15 is 0 Å². The fourth-order valence-corrected chi connectivity index (χ4v) is 4.00. The molecular formula is C23H20BrN3O3. The summed E-state index contributed by atoms with van der Waals surface area (Å²) in [5, 5.41) is 0.947. The van der Waals surface area contributed by atoms with Crippen molar-refractivity contribution >= 4 is 50.8 Å². The maximum absolute atomic E-state index is 12.7. The number of benzene rings is 2. The molecule has 1 aromatic heterocycles. The summed E-state index contributed by atoms with van der Waals surface area (Å²) >= 11 is 3.46. The first-order chi connectivity index (χ1) is 14.3. The molecule has 0 unspecified atom stereocenters. The lowest BCUT2D eigenvalue weighted by Gasteiger charge is -2.28. The van der Waals surface area contributed by atoms with E-state index in [1.165, 1.54) is 14.1 Å². The van der Waals surface area contributed by atoms with Gasteiger partial charge in [-0.1, -0.05) is 46.3 Å². The molecule has 0 bridgehead atoms. The second-order valence-corrected chi connectivity index (χ2v) is 8.21. The Bertz CT molecular complexity index is 1200. The quantitative estimate of drug-likeness (QED) is 0.430. The number of amides is 4. The average molecular weight is 466 g/mol. The van der Waals surface area contributed by atoms with Crippen molar-refractivity contribution in [2.45, 2.75) is 13.5 Å². The lowest BCUT2D eigenvalue weighted by Crippen LogP contribution is -2.52. The minimum absolute atomic E-state index is 0.0192. The van der Waals surface area contributed by atoms with Crippen LogP contribution in [0.3, 0.4) is 0 Å². The lowest BCUT2D eigenvalue weighted by atomic mass is 10.0. The summed E-state index contributed by atoms with van der Waals surface area (Å²) < 4.78 is 3.18. The van der Waals surface area contributed by atoms with Gasteiger partial charge in [-0.2, -0.15) is 0 Å². The fourth-order valence-electron chi connectivity index (χ4n) is 3.74. The molecule has 30 heavy (non-hydrogen) atoms. The van der Waals surface area contributed by atoms with Gasteiger partial charge in [0.05, 0.1) is 0 Å². The van der Waals surface area contributed by atoms with E-state index in [1.807, 2.05) is 43.3 Å². The lowest BCUT2D eigenvalue weighted by molar-refractivity contribution is -0.134. The van der Waals surface area contributed by atoms with E-state index < -0.39 is 17.8 Å². The highest BCUT2D eigenvalue weighted by molar-refractivity contribution is 9.10. The summed E-state index contributed by atoms with van der Waals surface area (Å²) in [6.07, 6.45) is 1.61. The highest BCUT2D eigenvalue weighted by atomic mass is 79.9. The van der Waals surface area contributed by atoms with Crippen LogP contribution in [0, 0.1) is 6.92 Å². The van der Waals surface area contributed by atoms with Gasteiger partial charge in [0.15, 0.2) is 0 Å². The number of rotatable bonds is 3. The van der Waals surface area contributed by atoms with Crippen LogP contribution in [0.4, 0.5) is 4.79 Å². The molecule has 2 heterocycles. The van der Waals surface area contributed by atoms with Crippen LogP contribution in [-0.2, 0) is 16.1 Å². The fraction of sp³-hybridized carbons (Fsp3) is 0.174. The molecule has 0 saturated carbocycles. The van der Waals surface area contributed by atoms with Gasteiger partial charge >= 0.3 is 6.03 Å². The zero-order chi connectivity index (χ0) is 21.6. The number of halogens is 1. The highest BCUT2D eigenvalue weighted by Gasteiger charge is 2.38. The first-order valence-corrected chi connectivity index (χ1v) is 10.2. The Kier molecular flexibility index (Phi) is 5.07. The summed E-state index contributed by atoms with van der Waals surface area (Å²) in [5.74, 6) is -1.18. The number of likely N-dealkylation sites (N-methyl/N-ethyl adjacent to an activating group) is 2. The largest absolute Gasteiger partial charge is 0.340 e. The summed E-state index contributed by atoms with van der Waals surface area (Å²) in [5.41, 5.74) is 3.87. The molecule has 1 fully saturated rings. The van der Waals surface area contributed by atoms with Crippen molar-refractivity contribution in [1.29, 1.82) is 0 Å². The monoisotopic (exact) mass is 465 g/mol. The molecule has 0 N–H and O–H groups in total. The first-order valence-electron chi connectivity index (χ1n) is 9.43. The SMILES string of the molecule is Cc1c(C=C2C(=O)N(C)C(=O)N(C)C2=O)c2ccccc2n1Cc1ccc(Br)cc1. The molecule has 3 aromatic rings. The molecule has 0 radical (unpaired) electrons. The van der Waals surface area contributed by atoms with E-state index in [9.17, 15) is 14.4 Å². The van der Waals surface area contributed by atoms with Crippen LogP contribution >= 0.6 is 15.9 Å². The predicted molar refractivity (Wildman–Crippen MR) is 119 cm³/mol. The van der Waals surface area contributed by atoms with Gasteiger partial charge in [0.25, 0.3) is 11.8 Å². The summed E-state index contributed by atoms with van der Waals surface area (Å²) in [6, 6.07) is 15.4. The van der Waals surface area contributed by atoms with Crippen LogP contribution in [0.25, 0.3) is 17.0 Å². The Morgan fingerprint density at radius 1 is 0.900 bits per heavy atom. The predicted octanol–water partition coefficient (Wildman–Crippen LogP) is 4.19. The van der Waals surface area contributed by atoms with Crippen molar-refractivity contribution in [2.75, 3.05) is 14.1 Å². The van der Waals surface area contributed by atoms with Crippen LogP contribution in [-0.4, -0.2) is 46.3 Å². The van der Waals surface area contributed by atoms with Crippen LogP contribution in [0.2, 0.25) is 0 Å². The zero-order valence-electron chi connectivity index (χ0n) is 16.8. The van der Waals surface area contributed by atoms with Crippen LogP contribution < -0.4 is 0 Å². The van der Waals surface area contributed by atoms with Crippen LogP contribution in [0.1, 0.15) is 16.8 Å². The molecule has 1 aliphatic rings. The molecule has 0 aliphatic carbocycles. The topological polar surface area (TPSA) is 62.6 Å². The smallest absolute Gasteiger partial charge is 0.333 e. The Labute approximate surface area is 182 Å². The normalized spacial score (nSPS) is 14.8. The Morgan fingerprint density at radius 2 is 1.50 bits per heavy atom. The molecule has 1 saturated heterocycles. The summed E-state index contributed by atoms with van der Waals surface area (Å²) in [7, 11) is 2.76. The van der Waals surface area contributed by atoms with Crippen molar-refractivity contribution in [2.24, 2.45) is 0 Å². The summed E-state index contributed by atoms with van der Waals surface area (Å²) in [4.78, 5) is 39.3. The van der Waals surface area contributed by atoms with E-state index in [1.54, 1.807) is 6.08 Å². The van der Waals surface area contributed by atoms with Gasteiger partial charge in [0.1, 0.15) is 5.57 Å². The number of aromatic nitrogens is 1. The van der Waals surface area contributed by atoms with Crippen LogP contribution in [0.5, 0.6) is 0 Å². The number of hydrogen-bond donors (Lipinski definition) is 0. The number of barbiturate groups is 1. The summed E-state index contributed by atoms with van der Waals surface area (Å²) in [6.45, 7) is 2.63. The van der Waals surface area contributed by atoms with Gasteiger partial charge in [-0.25, -0.2) is 4.79 Å². The van der Waals surface area contributed by atoms with E-state index in [0.717, 1.165) is 42.0 Å². The minimum Gasteiger partial charge on any atom is -0.340 e. The molecule has 4 rings (SSSR count). The molecule has 6 nitrogen and oxygen atoms in total. The third-order valence-corrected chi connectivity index (χ3v) is 5.99. The van der Waals surface area contributed by atoms with Crippen molar-refractivity contribution < 1.29 is 14.4 Å². The van der Waals surface area contributed by atoms with Crippen molar-refractivity contribution in [3.8, 4) is 0 Å². The molecule has 0 atom stereocenters. The van der Waals surface area contributed by atoms with E-state index in [2.05, 4.69) is 32.6 Å². The van der Waals surface area contributed by atoms with E-state index in [0.29, 0.717) is 6.54 Å². The standard InChI is InChI=1S/C23H20BrN3O3/c1-14-18(12-19-21(28)25(2)23(30)26(3)22(19)29)17-6-4-5-7-20(17)27(14)13-15-8-10-16(24)11-9-15/h4-12H,13H2,1-3H3. The van der Waals surface area contributed by atoms with Gasteiger partial charge in [0.2, 0.25) is 0 Å². The van der Waals surface area contributed by atoms with Gasteiger partial charge in [-0.05, 0) is 36.8 Å². The molecule has 4 amide bonds. The van der Waals surface area contributed by atoms with Gasteiger partial charge < -0.3 is 4.57 Å². The zero-order valence-corrected chi connectivity index (χ0v) is 18.4. The Morgan fingerprint density at radius 3 is 2.13 bits per heavy atom. The average Bonchev–Trinajstić information content (AvgIpc) is 3.01. The molecular weight excluding hydrogens is 446 g/mol. The number of hydrogen-bond acceptors (Lipinski definition) is 3. The van der Waals surface area contributed by atoms with Gasteiger partial charge in [0, 0.05) is 47.3 Å². The number of fused-ring (bicyclic) bond motifs is 1. The second kappa shape index (κ2) is 7.57. The highest BCUT2D eigenvalue weighted by Crippen LogP contribution is 2.30. The number of imide groups is 2. The molecule has 0 spiro atoms. The number of urea groups is 1. The van der Waals surface area contributed by atoms with E-state index in [-0.39, 0.29) is 5.57 Å². The first kappa shape index (κ1) is 20.1. The Hall–Kier alpha value is -3.19. The molecule has 2 aromatic carbocycles. The molecule has 1 aliphatic heterocycles. The van der Waals surface area contributed by atoms with Gasteiger partial charge in [-0.3, -0.25) is 19.4 Å². The van der Waals surface area contributed by atoms with Gasteiger partial charge in [-0.15, -0.1) is 0 Å². The second-order valence-electron chi connectivity index (χ2n) is 7.30. The number of carbonyl (C=O) groups excluding carboxylic acids is 3. The third-order valence-electron chi connectivity index (χ3n) is 5.47. The van der Waals surface area contributed by atoms with Crippen molar-refractivity contribution in [3.63, 3.8) is 0 Å². The number of para-hydroxylation sites is 1. The maximum Gasteiger partial charge on any atom is 0.333 e. The maximum atomic E-state index is 12.7. The van der Waals surface area contributed by atoms with E-state index in [4.69, 9.17) is 0 Å². The number of carbonyl (C=O) groups is 3. The minimum atomic E-state index is -0.628. The number of nitrogens with zero attached hydrogens (tertiary/aromatic N) is 3. The van der Waals surface area contributed by atoms with Crippen LogP contribution in [0.15, 0.2) is 58.6 Å².